The van der Waals surface area contributed by atoms with Crippen molar-refractivity contribution in [2.45, 2.75) is 12.5 Å². The molecule has 5 rings (SSSR count). The van der Waals surface area contributed by atoms with E-state index in [4.69, 9.17) is 0 Å². The minimum absolute atomic E-state index is 0.0862. The molecular weight excluding hydrogens is 358 g/mol. The highest BCUT2D eigenvalue weighted by atomic mass is 16.3. The Bertz CT molecular complexity index is 762. The number of hydrogen-bond donors (Lipinski definition) is 1. The van der Waals surface area contributed by atoms with Gasteiger partial charge in [0.1, 0.15) is 0 Å². The lowest BCUT2D eigenvalue weighted by Crippen LogP contribution is -2.51. The molecule has 2 bridgehead atoms. The van der Waals surface area contributed by atoms with Crippen molar-refractivity contribution < 1.29 is 14.7 Å². The van der Waals surface area contributed by atoms with E-state index in [-0.39, 0.29) is 42.0 Å². The number of aliphatic hydroxyl groups is 1. The number of likely N-dealkylation sites (tertiary alicyclic amines) is 1. The summed E-state index contributed by atoms with van der Waals surface area (Å²) >= 11 is 0. The van der Waals surface area contributed by atoms with Crippen molar-refractivity contribution >= 4 is 17.8 Å². The second kappa shape index (κ2) is 6.93. The second-order valence-electron chi connectivity index (χ2n) is 8.28. The van der Waals surface area contributed by atoms with Crippen LogP contribution in [0.5, 0.6) is 0 Å². The van der Waals surface area contributed by atoms with Crippen LogP contribution in [0.4, 0.5) is 5.95 Å². The van der Waals surface area contributed by atoms with Gasteiger partial charge in [0.25, 0.3) is 0 Å². The molecule has 8 heteroatoms. The molecule has 2 amide bonds. The SMILES string of the molecule is O=C1C2C3C=C[C@@H](C3)[C@@H]2C(=O)N1CC(O)CN1CCN(c2ncccn2)CC1. The summed E-state index contributed by atoms with van der Waals surface area (Å²) in [5.41, 5.74) is 0. The van der Waals surface area contributed by atoms with Crippen LogP contribution in [0.25, 0.3) is 0 Å². The zero-order valence-corrected chi connectivity index (χ0v) is 15.7. The van der Waals surface area contributed by atoms with Gasteiger partial charge >= 0.3 is 0 Å². The van der Waals surface area contributed by atoms with E-state index in [1.54, 1.807) is 18.5 Å². The van der Waals surface area contributed by atoms with E-state index in [9.17, 15) is 14.7 Å². The first-order valence-corrected chi connectivity index (χ1v) is 10.1. The smallest absolute Gasteiger partial charge is 0.233 e. The van der Waals surface area contributed by atoms with Gasteiger partial charge in [0.15, 0.2) is 0 Å². The molecule has 2 saturated heterocycles. The molecule has 3 unspecified atom stereocenters. The topological polar surface area (TPSA) is 89.9 Å². The Morgan fingerprint density at radius 1 is 0.964 bits per heavy atom. The van der Waals surface area contributed by atoms with Gasteiger partial charge in [-0.15, -0.1) is 0 Å². The van der Waals surface area contributed by atoms with E-state index in [2.05, 4.69) is 31.9 Å². The number of amides is 2. The van der Waals surface area contributed by atoms with Crippen molar-refractivity contribution in [3.63, 3.8) is 0 Å². The molecule has 0 radical (unpaired) electrons. The summed E-state index contributed by atoms with van der Waals surface area (Å²) in [7, 11) is 0. The van der Waals surface area contributed by atoms with Crippen molar-refractivity contribution in [2.24, 2.45) is 23.7 Å². The van der Waals surface area contributed by atoms with Crippen LogP contribution in [0.2, 0.25) is 0 Å². The minimum Gasteiger partial charge on any atom is -0.390 e. The molecule has 3 heterocycles. The number of carbonyl (C=O) groups is 2. The molecule has 3 fully saturated rings. The number of aromatic nitrogens is 2. The average molecular weight is 383 g/mol. The molecule has 2 aliphatic heterocycles. The number of imide groups is 1. The Balaban J connectivity index is 1.14. The minimum atomic E-state index is -0.725. The fourth-order valence-electron chi connectivity index (χ4n) is 5.30. The number of carbonyl (C=O) groups excluding carboxylic acids is 2. The Morgan fingerprint density at radius 2 is 1.57 bits per heavy atom. The van der Waals surface area contributed by atoms with Crippen LogP contribution in [-0.2, 0) is 9.59 Å². The lowest BCUT2D eigenvalue weighted by Gasteiger charge is -2.36. The summed E-state index contributed by atoms with van der Waals surface area (Å²) < 4.78 is 0. The number of piperazine rings is 1. The third-order valence-electron chi connectivity index (χ3n) is 6.63. The van der Waals surface area contributed by atoms with Crippen LogP contribution in [0.1, 0.15) is 6.42 Å². The van der Waals surface area contributed by atoms with Crippen LogP contribution < -0.4 is 4.90 Å². The first-order chi connectivity index (χ1) is 13.6. The van der Waals surface area contributed by atoms with Crippen molar-refractivity contribution in [2.75, 3.05) is 44.2 Å². The van der Waals surface area contributed by atoms with Crippen LogP contribution in [0.3, 0.4) is 0 Å². The molecule has 5 atom stereocenters. The third kappa shape index (κ3) is 2.91. The van der Waals surface area contributed by atoms with Crippen molar-refractivity contribution in [1.29, 1.82) is 0 Å². The van der Waals surface area contributed by atoms with Crippen molar-refractivity contribution in [1.82, 2.24) is 19.8 Å². The van der Waals surface area contributed by atoms with Crippen LogP contribution >= 0.6 is 0 Å². The highest BCUT2D eigenvalue weighted by Gasteiger charge is 2.59. The zero-order valence-electron chi connectivity index (χ0n) is 15.7. The molecule has 1 aromatic rings. The molecule has 2 aliphatic carbocycles. The van der Waals surface area contributed by atoms with Crippen LogP contribution in [0.15, 0.2) is 30.6 Å². The predicted octanol–water partition coefficient (Wildman–Crippen LogP) is -0.233. The largest absolute Gasteiger partial charge is 0.390 e. The van der Waals surface area contributed by atoms with E-state index in [1.807, 2.05) is 0 Å². The van der Waals surface area contributed by atoms with Gasteiger partial charge in [-0.1, -0.05) is 12.2 Å². The number of hydrogen-bond acceptors (Lipinski definition) is 7. The summed E-state index contributed by atoms with van der Waals surface area (Å²) in [6.45, 7) is 3.72. The Morgan fingerprint density at radius 3 is 2.18 bits per heavy atom. The van der Waals surface area contributed by atoms with Gasteiger partial charge in [-0.05, 0) is 24.3 Å². The molecule has 4 aliphatic rings. The van der Waals surface area contributed by atoms with Crippen molar-refractivity contribution in [3.05, 3.63) is 30.6 Å². The Labute approximate surface area is 163 Å². The summed E-state index contributed by atoms with van der Waals surface area (Å²) in [6, 6.07) is 1.80. The van der Waals surface area contributed by atoms with Crippen molar-refractivity contribution in [3.8, 4) is 0 Å². The van der Waals surface area contributed by atoms with Gasteiger partial charge in [0.2, 0.25) is 17.8 Å². The maximum absolute atomic E-state index is 12.7. The van der Waals surface area contributed by atoms with Gasteiger partial charge in [0.05, 0.1) is 24.5 Å². The summed E-state index contributed by atoms with van der Waals surface area (Å²) in [6.07, 6.45) is 7.86. The molecule has 0 aromatic carbocycles. The zero-order chi connectivity index (χ0) is 19.3. The summed E-state index contributed by atoms with van der Waals surface area (Å²) in [5.74, 6) is 0.594. The highest BCUT2D eigenvalue weighted by molar-refractivity contribution is 6.06. The van der Waals surface area contributed by atoms with Gasteiger partial charge < -0.3 is 10.0 Å². The molecule has 1 saturated carbocycles. The maximum Gasteiger partial charge on any atom is 0.233 e. The number of nitrogens with zero attached hydrogens (tertiary/aromatic N) is 5. The van der Waals surface area contributed by atoms with Crippen LogP contribution in [0, 0.1) is 23.7 Å². The maximum atomic E-state index is 12.7. The number of anilines is 1. The normalized spacial score (nSPS) is 33.0. The number of aliphatic hydroxyl groups excluding tert-OH is 1. The summed E-state index contributed by atoms with van der Waals surface area (Å²) in [5, 5.41) is 10.5. The van der Waals surface area contributed by atoms with Gasteiger partial charge in [-0.25, -0.2) is 9.97 Å². The predicted molar refractivity (Wildman–Crippen MR) is 101 cm³/mol. The number of β-amino-alcohol motifs (C(OH)–C–C–N with tert-alkyl or cyclic N) is 1. The second-order valence-corrected chi connectivity index (χ2v) is 8.28. The standard InChI is InChI=1S/C20H25N5O3/c26-15(11-23-6-8-24(9-7-23)20-21-4-1-5-22-20)12-25-18(27)16-13-2-3-14(10-13)17(16)19(25)28/h1-5,13-17,26H,6-12H2/t13-,14?,15?,16-,17?/m0/s1. The average Bonchev–Trinajstić information content (AvgIpc) is 3.39. The van der Waals surface area contributed by atoms with E-state index in [0.29, 0.717) is 6.54 Å². The van der Waals surface area contributed by atoms with E-state index < -0.39 is 6.10 Å². The lowest BCUT2D eigenvalue weighted by atomic mass is 9.85. The molecule has 1 aromatic heterocycles. The molecule has 1 N–H and O–H groups in total. The Hall–Kier alpha value is -2.32. The van der Waals surface area contributed by atoms with Gasteiger partial charge in [-0.3, -0.25) is 19.4 Å². The molecule has 148 valence electrons. The lowest BCUT2D eigenvalue weighted by molar-refractivity contribution is -0.142. The third-order valence-corrected chi connectivity index (χ3v) is 6.63. The first-order valence-electron chi connectivity index (χ1n) is 10.1. The van der Waals surface area contributed by atoms with E-state index in [0.717, 1.165) is 38.5 Å². The fraction of sp³-hybridized carbons (Fsp3) is 0.600. The molecule has 0 spiro atoms. The Kier molecular flexibility index (Phi) is 4.40. The van der Waals surface area contributed by atoms with Gasteiger partial charge in [0, 0.05) is 45.1 Å². The highest BCUT2D eigenvalue weighted by Crippen LogP contribution is 2.52. The van der Waals surface area contributed by atoms with E-state index >= 15 is 0 Å². The summed E-state index contributed by atoms with van der Waals surface area (Å²) in [4.78, 5) is 39.7. The van der Waals surface area contributed by atoms with Gasteiger partial charge in [-0.2, -0.15) is 0 Å². The fourth-order valence-corrected chi connectivity index (χ4v) is 5.30. The van der Waals surface area contributed by atoms with E-state index in [1.165, 1.54) is 4.90 Å². The number of fused-ring (bicyclic) bond motifs is 5. The van der Waals surface area contributed by atoms with Crippen LogP contribution in [-0.4, -0.2) is 82.1 Å². The quantitative estimate of drug-likeness (QED) is 0.555. The molecular formula is C20H25N5O3. The molecule has 28 heavy (non-hydrogen) atoms. The first kappa shape index (κ1) is 17.8. The molecule has 8 nitrogen and oxygen atoms in total. The number of allylic oxidation sites excluding steroid dienone is 2. The monoisotopic (exact) mass is 383 g/mol. The number of rotatable bonds is 5.